The highest BCUT2D eigenvalue weighted by Gasteiger charge is 2.25. The molecule has 0 atom stereocenters. The third kappa shape index (κ3) is 6.41. The molecule has 0 aliphatic heterocycles. The smallest absolute Gasteiger partial charge is 0.385 e. The Bertz CT molecular complexity index is 1270. The summed E-state index contributed by atoms with van der Waals surface area (Å²) < 4.78 is 44.0. The molecular weight excluding hydrogens is 462 g/mol. The predicted molar refractivity (Wildman–Crippen MR) is 137 cm³/mol. The van der Waals surface area contributed by atoms with Gasteiger partial charge in [0.15, 0.2) is 0 Å². The minimum atomic E-state index is -4.11. The van der Waals surface area contributed by atoms with Crippen molar-refractivity contribution in [2.45, 2.75) is 13.1 Å². The number of benzene rings is 4. The molecule has 4 aromatic carbocycles. The summed E-state index contributed by atoms with van der Waals surface area (Å²) in [5.74, 6) is 1.65. The van der Waals surface area contributed by atoms with E-state index in [0.29, 0.717) is 11.5 Å². The van der Waals surface area contributed by atoms with Gasteiger partial charge in [-0.2, -0.15) is 12.7 Å². The number of hydrogen-bond donors (Lipinski definition) is 0. The lowest BCUT2D eigenvalue weighted by Gasteiger charge is -2.22. The summed E-state index contributed by atoms with van der Waals surface area (Å²) in [6, 6.07) is 31.4. The highest BCUT2D eigenvalue weighted by molar-refractivity contribution is 7.84. The van der Waals surface area contributed by atoms with Gasteiger partial charge in [0.2, 0.25) is 0 Å². The van der Waals surface area contributed by atoms with Gasteiger partial charge >= 0.3 is 10.3 Å². The molecule has 0 unspecified atom stereocenters. The van der Waals surface area contributed by atoms with Crippen molar-refractivity contribution in [2.24, 2.45) is 0 Å². The minimum absolute atomic E-state index is 0.139. The number of ether oxygens (including phenoxy) is 2. The van der Waals surface area contributed by atoms with Crippen LogP contribution in [0.25, 0.3) is 11.1 Å². The Morgan fingerprint density at radius 1 is 0.571 bits per heavy atom. The highest BCUT2D eigenvalue weighted by atomic mass is 32.2. The molecule has 0 spiro atoms. The molecule has 0 N–H and O–H groups in total. The molecule has 0 heterocycles. The van der Waals surface area contributed by atoms with Crippen molar-refractivity contribution in [3.63, 3.8) is 0 Å². The van der Waals surface area contributed by atoms with Gasteiger partial charge in [0.1, 0.15) is 17.2 Å². The summed E-state index contributed by atoms with van der Waals surface area (Å²) in [5.41, 5.74) is 3.64. The van der Waals surface area contributed by atoms with Gasteiger partial charge in [-0.05, 0) is 58.7 Å². The normalized spacial score (nSPS) is 11.3. The standard InChI is InChI=1S/C28H27NO5S/c1-32-26-14-8-22(9-15-26)20-29(21-23-10-16-27(33-2)17-11-23)35(30,31)34-28-18-12-25(13-19-28)24-6-4-3-5-7-24/h3-19H,20-21H2,1-2H3. The summed E-state index contributed by atoms with van der Waals surface area (Å²) in [7, 11) is -0.931. The van der Waals surface area contributed by atoms with Gasteiger partial charge in [-0.3, -0.25) is 0 Å². The fraction of sp³-hybridized carbons (Fsp3) is 0.143. The van der Waals surface area contributed by atoms with Crippen LogP contribution >= 0.6 is 0 Å². The molecule has 4 rings (SSSR count). The van der Waals surface area contributed by atoms with Crippen molar-refractivity contribution in [3.8, 4) is 28.4 Å². The lowest BCUT2D eigenvalue weighted by Crippen LogP contribution is -2.33. The van der Waals surface area contributed by atoms with Crippen LogP contribution in [0.2, 0.25) is 0 Å². The molecule has 0 amide bonds. The lowest BCUT2D eigenvalue weighted by atomic mass is 10.1. The second kappa shape index (κ2) is 11.1. The minimum Gasteiger partial charge on any atom is -0.497 e. The first-order chi connectivity index (χ1) is 17.0. The molecule has 0 aliphatic carbocycles. The second-order valence-corrected chi connectivity index (χ2v) is 9.43. The van der Waals surface area contributed by atoms with E-state index < -0.39 is 10.3 Å². The Balaban J connectivity index is 1.57. The van der Waals surface area contributed by atoms with Gasteiger partial charge in [0.05, 0.1) is 14.2 Å². The van der Waals surface area contributed by atoms with Crippen LogP contribution < -0.4 is 13.7 Å². The van der Waals surface area contributed by atoms with Crippen LogP contribution in [0.4, 0.5) is 0 Å². The topological polar surface area (TPSA) is 65.1 Å². The van der Waals surface area contributed by atoms with Crippen molar-refractivity contribution in [1.82, 2.24) is 4.31 Å². The molecule has 180 valence electrons. The van der Waals surface area contributed by atoms with Gasteiger partial charge in [-0.15, -0.1) is 0 Å². The molecule has 35 heavy (non-hydrogen) atoms. The number of rotatable bonds is 10. The van der Waals surface area contributed by atoms with Gasteiger partial charge in [-0.25, -0.2) is 0 Å². The maximum atomic E-state index is 13.4. The van der Waals surface area contributed by atoms with E-state index in [1.807, 2.05) is 66.7 Å². The molecule has 0 fully saturated rings. The quantitative estimate of drug-likeness (QED) is 0.286. The Labute approximate surface area is 206 Å². The Hall–Kier alpha value is -3.81. The molecule has 6 nitrogen and oxygen atoms in total. The number of nitrogens with zero attached hydrogens (tertiary/aromatic N) is 1. The van der Waals surface area contributed by atoms with Crippen LogP contribution in [-0.2, 0) is 23.4 Å². The lowest BCUT2D eigenvalue weighted by molar-refractivity contribution is 0.345. The Morgan fingerprint density at radius 3 is 1.46 bits per heavy atom. The first-order valence-corrected chi connectivity index (χ1v) is 12.4. The zero-order valence-corrected chi connectivity index (χ0v) is 20.4. The first kappa shape index (κ1) is 24.3. The van der Waals surface area contributed by atoms with Crippen LogP contribution in [0.15, 0.2) is 103 Å². The maximum absolute atomic E-state index is 13.4. The molecule has 0 aromatic heterocycles. The SMILES string of the molecule is COc1ccc(CN(Cc2ccc(OC)cc2)S(=O)(=O)Oc2ccc(-c3ccccc3)cc2)cc1. The largest absolute Gasteiger partial charge is 0.497 e. The predicted octanol–water partition coefficient (Wildman–Crippen LogP) is 5.70. The van der Waals surface area contributed by atoms with Crippen molar-refractivity contribution >= 4 is 10.3 Å². The summed E-state index contributed by atoms with van der Waals surface area (Å²) in [6.07, 6.45) is 0. The van der Waals surface area contributed by atoms with E-state index in [1.165, 1.54) is 4.31 Å². The van der Waals surface area contributed by atoms with E-state index in [9.17, 15) is 8.42 Å². The highest BCUT2D eigenvalue weighted by Crippen LogP contribution is 2.25. The van der Waals surface area contributed by atoms with E-state index in [-0.39, 0.29) is 18.8 Å². The van der Waals surface area contributed by atoms with Crippen LogP contribution in [0.3, 0.4) is 0 Å². The van der Waals surface area contributed by atoms with Gasteiger partial charge in [0, 0.05) is 13.1 Å². The average Bonchev–Trinajstić information content (AvgIpc) is 2.90. The Morgan fingerprint density at radius 2 is 1.00 bits per heavy atom. The molecule has 0 aliphatic rings. The van der Waals surface area contributed by atoms with Crippen molar-refractivity contribution in [1.29, 1.82) is 0 Å². The van der Waals surface area contributed by atoms with E-state index >= 15 is 0 Å². The summed E-state index contributed by atoms with van der Waals surface area (Å²) >= 11 is 0. The number of methoxy groups -OCH3 is 2. The molecular formula is C28H27NO5S. The zero-order chi connectivity index (χ0) is 24.7. The van der Waals surface area contributed by atoms with Gasteiger partial charge in [-0.1, -0.05) is 66.7 Å². The Kier molecular flexibility index (Phi) is 7.70. The zero-order valence-electron chi connectivity index (χ0n) is 19.6. The summed E-state index contributed by atoms with van der Waals surface area (Å²) in [5, 5.41) is 0. The fourth-order valence-electron chi connectivity index (χ4n) is 3.59. The molecule has 0 radical (unpaired) electrons. The van der Waals surface area contributed by atoms with E-state index in [1.54, 1.807) is 50.6 Å². The van der Waals surface area contributed by atoms with E-state index in [4.69, 9.17) is 13.7 Å². The summed E-state index contributed by atoms with van der Waals surface area (Å²) in [6.45, 7) is 0.279. The molecule has 0 bridgehead atoms. The van der Waals surface area contributed by atoms with Crippen LogP contribution in [0.1, 0.15) is 11.1 Å². The van der Waals surface area contributed by atoms with Gasteiger partial charge < -0.3 is 13.7 Å². The molecule has 0 saturated heterocycles. The molecule has 0 saturated carbocycles. The van der Waals surface area contributed by atoms with Gasteiger partial charge in [0.25, 0.3) is 0 Å². The third-order valence-corrected chi connectivity index (χ3v) is 6.81. The maximum Gasteiger partial charge on any atom is 0.385 e. The van der Waals surface area contributed by atoms with Crippen molar-refractivity contribution < 1.29 is 22.1 Å². The summed E-state index contributed by atoms with van der Waals surface area (Å²) in [4.78, 5) is 0. The third-order valence-electron chi connectivity index (χ3n) is 5.52. The fourth-order valence-corrected chi connectivity index (χ4v) is 4.67. The van der Waals surface area contributed by atoms with Crippen LogP contribution in [0, 0.1) is 0 Å². The second-order valence-electron chi connectivity index (χ2n) is 7.90. The van der Waals surface area contributed by atoms with Crippen molar-refractivity contribution in [2.75, 3.05) is 14.2 Å². The molecule has 7 heteroatoms. The van der Waals surface area contributed by atoms with Crippen molar-refractivity contribution in [3.05, 3.63) is 114 Å². The average molecular weight is 490 g/mol. The first-order valence-electron chi connectivity index (χ1n) is 11.1. The van der Waals surface area contributed by atoms with E-state index in [0.717, 1.165) is 22.3 Å². The van der Waals surface area contributed by atoms with Crippen LogP contribution in [-0.4, -0.2) is 26.9 Å². The number of hydrogen-bond acceptors (Lipinski definition) is 5. The van der Waals surface area contributed by atoms with Crippen LogP contribution in [0.5, 0.6) is 17.2 Å². The van der Waals surface area contributed by atoms with E-state index in [2.05, 4.69) is 0 Å². The monoisotopic (exact) mass is 489 g/mol. The molecule has 4 aromatic rings.